The van der Waals surface area contributed by atoms with Gasteiger partial charge in [-0.2, -0.15) is 0 Å². The molecular formula is C18H42N2. The van der Waals surface area contributed by atoms with Gasteiger partial charge in [-0.3, -0.25) is 0 Å². The Kier molecular flexibility index (Phi) is 15.4. The van der Waals surface area contributed by atoms with E-state index in [9.17, 15) is 0 Å². The van der Waals surface area contributed by atoms with Crippen LogP contribution in [0.2, 0.25) is 0 Å². The molecule has 20 heavy (non-hydrogen) atoms. The van der Waals surface area contributed by atoms with E-state index in [1.807, 2.05) is 27.7 Å². The lowest BCUT2D eigenvalue weighted by Gasteiger charge is -2.13. The maximum Gasteiger partial charge on any atom is 0.00643 e. The minimum absolute atomic E-state index is 0.847. The van der Waals surface area contributed by atoms with E-state index in [4.69, 9.17) is 0 Å². The first-order valence-electron chi connectivity index (χ1n) is 8.89. The fourth-order valence-corrected chi connectivity index (χ4v) is 2.59. The van der Waals surface area contributed by atoms with E-state index < -0.39 is 0 Å². The molecule has 2 aliphatic rings. The predicted molar refractivity (Wildman–Crippen MR) is 94.5 cm³/mol. The van der Waals surface area contributed by atoms with E-state index in [1.54, 1.807) is 0 Å². The van der Waals surface area contributed by atoms with Gasteiger partial charge in [0.05, 0.1) is 0 Å². The van der Waals surface area contributed by atoms with Crippen molar-refractivity contribution in [1.82, 2.24) is 9.80 Å². The molecule has 0 saturated carbocycles. The second-order valence-corrected chi connectivity index (χ2v) is 6.03. The van der Waals surface area contributed by atoms with E-state index in [0.29, 0.717) is 0 Å². The Bertz CT molecular complexity index is 184. The summed E-state index contributed by atoms with van der Waals surface area (Å²) in [5.41, 5.74) is 0. The quantitative estimate of drug-likeness (QED) is 0.686. The van der Waals surface area contributed by atoms with Gasteiger partial charge in [0, 0.05) is 12.6 Å². The molecule has 0 aromatic rings. The fraction of sp³-hybridized carbons (Fsp3) is 1.00. The molecule has 2 aliphatic heterocycles. The van der Waals surface area contributed by atoms with Gasteiger partial charge < -0.3 is 9.80 Å². The summed E-state index contributed by atoms with van der Waals surface area (Å²) in [6, 6.07) is 0.847. The summed E-state index contributed by atoms with van der Waals surface area (Å²) < 4.78 is 0. The van der Waals surface area contributed by atoms with Gasteiger partial charge in [-0.1, -0.05) is 41.5 Å². The van der Waals surface area contributed by atoms with Crippen molar-refractivity contribution in [3.63, 3.8) is 0 Å². The van der Waals surface area contributed by atoms with Crippen molar-refractivity contribution in [3.05, 3.63) is 0 Å². The van der Waals surface area contributed by atoms with Crippen LogP contribution in [0, 0.1) is 11.8 Å². The largest absolute Gasteiger partial charge is 0.306 e. The molecule has 0 radical (unpaired) electrons. The molecule has 2 saturated heterocycles. The maximum atomic E-state index is 2.42. The van der Waals surface area contributed by atoms with Crippen molar-refractivity contribution in [2.45, 2.75) is 73.8 Å². The fourth-order valence-electron chi connectivity index (χ4n) is 2.59. The molecule has 2 unspecified atom stereocenters. The van der Waals surface area contributed by atoms with Crippen molar-refractivity contribution in [1.29, 1.82) is 0 Å². The summed E-state index contributed by atoms with van der Waals surface area (Å²) in [5, 5.41) is 0. The van der Waals surface area contributed by atoms with Crippen molar-refractivity contribution in [2.24, 2.45) is 11.8 Å². The monoisotopic (exact) mass is 286 g/mol. The summed E-state index contributed by atoms with van der Waals surface area (Å²) in [6.07, 6.45) is 4.21. The molecule has 0 amide bonds. The topological polar surface area (TPSA) is 6.48 Å². The van der Waals surface area contributed by atoms with Gasteiger partial charge >= 0.3 is 0 Å². The number of nitrogens with zero attached hydrogens (tertiary/aromatic N) is 2. The van der Waals surface area contributed by atoms with Gasteiger partial charge in [0.1, 0.15) is 0 Å². The first-order chi connectivity index (χ1) is 9.50. The molecule has 2 heteroatoms. The average Bonchev–Trinajstić information content (AvgIpc) is 3.05. The zero-order valence-electron chi connectivity index (χ0n) is 15.9. The first kappa shape index (κ1) is 22.2. The van der Waals surface area contributed by atoms with Crippen LogP contribution < -0.4 is 0 Å². The van der Waals surface area contributed by atoms with Crippen LogP contribution in [0.5, 0.6) is 0 Å². The third kappa shape index (κ3) is 9.77. The number of hydrogen-bond donors (Lipinski definition) is 0. The Hall–Kier alpha value is -0.0800. The highest BCUT2D eigenvalue weighted by atomic mass is 15.1. The third-order valence-electron chi connectivity index (χ3n) is 4.26. The summed E-state index contributed by atoms with van der Waals surface area (Å²) in [5.74, 6) is 1.85. The predicted octanol–water partition coefficient (Wildman–Crippen LogP) is 4.75. The van der Waals surface area contributed by atoms with Crippen molar-refractivity contribution >= 4 is 0 Å². The highest BCUT2D eigenvalue weighted by Gasteiger charge is 2.21. The Morgan fingerprint density at radius 3 is 1.60 bits per heavy atom. The van der Waals surface area contributed by atoms with E-state index in [-0.39, 0.29) is 0 Å². The van der Waals surface area contributed by atoms with Crippen LogP contribution in [0.4, 0.5) is 0 Å². The second-order valence-electron chi connectivity index (χ2n) is 6.03. The van der Waals surface area contributed by atoms with E-state index in [2.05, 4.69) is 44.7 Å². The van der Waals surface area contributed by atoms with Gasteiger partial charge in [-0.15, -0.1) is 0 Å². The van der Waals surface area contributed by atoms with Crippen LogP contribution in [0.3, 0.4) is 0 Å². The molecule has 2 atom stereocenters. The molecule has 0 aromatic carbocycles. The second kappa shape index (κ2) is 13.9. The van der Waals surface area contributed by atoms with Crippen molar-refractivity contribution in [3.8, 4) is 0 Å². The van der Waals surface area contributed by atoms with Gasteiger partial charge in [-0.05, 0) is 65.2 Å². The molecular weight excluding hydrogens is 244 g/mol. The molecule has 0 aromatic heterocycles. The number of hydrogen-bond acceptors (Lipinski definition) is 2. The van der Waals surface area contributed by atoms with Crippen LogP contribution >= 0.6 is 0 Å². The molecule has 0 aliphatic carbocycles. The Labute approximate surface area is 129 Å². The highest BCUT2D eigenvalue weighted by Crippen LogP contribution is 2.21. The SMILES string of the molecule is CC.CC.CC(C)C1CCN(C)C1.CC1CCCN1C. The van der Waals surface area contributed by atoms with Gasteiger partial charge in [-0.25, -0.2) is 0 Å². The smallest absolute Gasteiger partial charge is 0.00643 e. The highest BCUT2D eigenvalue weighted by molar-refractivity contribution is 4.74. The zero-order valence-corrected chi connectivity index (χ0v) is 15.9. The average molecular weight is 287 g/mol. The molecule has 0 N–H and O–H groups in total. The molecule has 2 fully saturated rings. The molecule has 2 heterocycles. The van der Waals surface area contributed by atoms with Gasteiger partial charge in [0.2, 0.25) is 0 Å². The molecule has 124 valence electrons. The molecule has 0 spiro atoms. The van der Waals surface area contributed by atoms with Crippen LogP contribution in [-0.2, 0) is 0 Å². The van der Waals surface area contributed by atoms with Crippen LogP contribution in [-0.4, -0.2) is 49.6 Å². The number of rotatable bonds is 1. The normalized spacial score (nSPS) is 26.1. The molecule has 2 rings (SSSR count). The Morgan fingerprint density at radius 1 is 0.900 bits per heavy atom. The lowest BCUT2D eigenvalue weighted by atomic mass is 9.95. The third-order valence-corrected chi connectivity index (χ3v) is 4.26. The first-order valence-corrected chi connectivity index (χ1v) is 8.89. The minimum Gasteiger partial charge on any atom is -0.306 e. The molecule has 2 nitrogen and oxygen atoms in total. The van der Waals surface area contributed by atoms with Crippen LogP contribution in [0.1, 0.15) is 67.7 Å². The minimum atomic E-state index is 0.847. The summed E-state index contributed by atoms with van der Waals surface area (Å²) in [4.78, 5) is 4.82. The van der Waals surface area contributed by atoms with E-state index >= 15 is 0 Å². The van der Waals surface area contributed by atoms with Crippen molar-refractivity contribution < 1.29 is 0 Å². The van der Waals surface area contributed by atoms with E-state index in [1.165, 1.54) is 38.9 Å². The summed E-state index contributed by atoms with van der Waals surface area (Å²) in [7, 11) is 4.40. The molecule has 0 bridgehead atoms. The van der Waals surface area contributed by atoms with Gasteiger partial charge in [0.15, 0.2) is 0 Å². The Balaban J connectivity index is 0. The van der Waals surface area contributed by atoms with Crippen LogP contribution in [0.15, 0.2) is 0 Å². The lowest BCUT2D eigenvalue weighted by Crippen LogP contribution is -2.20. The zero-order chi connectivity index (χ0) is 16.1. The van der Waals surface area contributed by atoms with Crippen LogP contribution in [0.25, 0.3) is 0 Å². The number of likely N-dealkylation sites (tertiary alicyclic amines) is 2. The maximum absolute atomic E-state index is 2.42. The standard InChI is InChI=1S/C8H17N.C6H13N.2C2H6/c1-7(2)8-4-5-9(3)6-8;1-6-4-3-5-7(6)2;2*1-2/h7-8H,4-6H2,1-3H3;6H,3-5H2,1-2H3;2*1-2H3. The van der Waals surface area contributed by atoms with Crippen molar-refractivity contribution in [2.75, 3.05) is 33.7 Å². The lowest BCUT2D eigenvalue weighted by molar-refractivity contribution is 0.331. The summed E-state index contributed by atoms with van der Waals surface area (Å²) >= 11 is 0. The van der Waals surface area contributed by atoms with E-state index in [0.717, 1.165) is 17.9 Å². The van der Waals surface area contributed by atoms with Gasteiger partial charge in [0.25, 0.3) is 0 Å². The summed E-state index contributed by atoms with van der Waals surface area (Å²) in [6.45, 7) is 18.9. The Morgan fingerprint density at radius 2 is 1.45 bits per heavy atom.